The van der Waals surface area contributed by atoms with Gasteiger partial charge in [-0.25, -0.2) is 0 Å². The minimum absolute atomic E-state index is 0.129. The van der Waals surface area contributed by atoms with Gasteiger partial charge in [-0.05, 0) is 26.8 Å². The second-order valence-corrected chi connectivity index (χ2v) is 3.07. The molecule has 0 heterocycles. The van der Waals surface area contributed by atoms with Crippen molar-refractivity contribution in [2.75, 3.05) is 6.54 Å². The second-order valence-electron chi connectivity index (χ2n) is 3.07. The fourth-order valence-electron chi connectivity index (χ4n) is 0.935. The predicted octanol–water partition coefficient (Wildman–Crippen LogP) is 1.68. The van der Waals surface area contributed by atoms with Crippen molar-refractivity contribution in [3.05, 3.63) is 0 Å². The summed E-state index contributed by atoms with van der Waals surface area (Å²) in [5.41, 5.74) is 0.129. The summed E-state index contributed by atoms with van der Waals surface area (Å²) in [5.74, 6) is 0. The third kappa shape index (κ3) is 4.34. The first-order valence-corrected chi connectivity index (χ1v) is 3.74. The SMILES string of the molecule is CCNC(C)(C)CCC#N. The van der Waals surface area contributed by atoms with E-state index in [1.807, 2.05) is 0 Å². The van der Waals surface area contributed by atoms with Crippen LogP contribution in [0.3, 0.4) is 0 Å². The summed E-state index contributed by atoms with van der Waals surface area (Å²) in [6.45, 7) is 7.29. The van der Waals surface area contributed by atoms with Crippen LogP contribution in [-0.4, -0.2) is 12.1 Å². The lowest BCUT2D eigenvalue weighted by Crippen LogP contribution is -2.38. The van der Waals surface area contributed by atoms with Crippen molar-refractivity contribution in [3.63, 3.8) is 0 Å². The van der Waals surface area contributed by atoms with Crippen molar-refractivity contribution in [1.29, 1.82) is 5.26 Å². The smallest absolute Gasteiger partial charge is 0.0622 e. The molecule has 0 aliphatic heterocycles. The molecule has 0 aromatic rings. The first-order valence-electron chi connectivity index (χ1n) is 3.74. The Kier molecular flexibility index (Phi) is 4.06. The highest BCUT2D eigenvalue weighted by molar-refractivity contribution is 4.82. The first kappa shape index (κ1) is 9.45. The van der Waals surface area contributed by atoms with E-state index in [-0.39, 0.29) is 5.54 Å². The zero-order valence-electron chi connectivity index (χ0n) is 7.07. The van der Waals surface area contributed by atoms with Crippen molar-refractivity contribution >= 4 is 0 Å². The van der Waals surface area contributed by atoms with Gasteiger partial charge in [-0.1, -0.05) is 6.92 Å². The van der Waals surface area contributed by atoms with Crippen LogP contribution in [0.15, 0.2) is 0 Å². The summed E-state index contributed by atoms with van der Waals surface area (Å²) < 4.78 is 0. The molecule has 0 aromatic carbocycles. The largest absolute Gasteiger partial charge is 0.312 e. The molecule has 2 nitrogen and oxygen atoms in total. The quantitative estimate of drug-likeness (QED) is 0.645. The van der Waals surface area contributed by atoms with E-state index in [4.69, 9.17) is 5.26 Å². The van der Waals surface area contributed by atoms with Crippen LogP contribution >= 0.6 is 0 Å². The molecule has 58 valence electrons. The van der Waals surface area contributed by atoms with Crippen molar-refractivity contribution in [1.82, 2.24) is 5.32 Å². The standard InChI is InChI=1S/C8H16N2/c1-4-10-8(2,3)6-5-7-9/h10H,4-6H2,1-3H3. The molecule has 0 amide bonds. The number of nitrogens with one attached hydrogen (secondary N) is 1. The highest BCUT2D eigenvalue weighted by Crippen LogP contribution is 2.09. The molecule has 0 saturated carbocycles. The van der Waals surface area contributed by atoms with Gasteiger partial charge in [-0.3, -0.25) is 0 Å². The van der Waals surface area contributed by atoms with Crippen LogP contribution in [-0.2, 0) is 0 Å². The van der Waals surface area contributed by atoms with E-state index in [1.54, 1.807) is 0 Å². The van der Waals surface area contributed by atoms with Gasteiger partial charge in [0.2, 0.25) is 0 Å². The number of hydrogen-bond acceptors (Lipinski definition) is 2. The monoisotopic (exact) mass is 140 g/mol. The first-order chi connectivity index (χ1) is 4.62. The van der Waals surface area contributed by atoms with E-state index < -0.39 is 0 Å². The maximum absolute atomic E-state index is 8.32. The van der Waals surface area contributed by atoms with E-state index in [0.29, 0.717) is 6.42 Å². The van der Waals surface area contributed by atoms with Gasteiger partial charge in [0, 0.05) is 12.0 Å². The molecule has 1 N–H and O–H groups in total. The molecule has 0 rings (SSSR count). The van der Waals surface area contributed by atoms with Crippen molar-refractivity contribution in [3.8, 4) is 6.07 Å². The summed E-state index contributed by atoms with van der Waals surface area (Å²) in [6, 6.07) is 2.14. The normalized spacial score (nSPS) is 11.0. The van der Waals surface area contributed by atoms with Gasteiger partial charge >= 0.3 is 0 Å². The van der Waals surface area contributed by atoms with Gasteiger partial charge in [-0.2, -0.15) is 5.26 Å². The van der Waals surface area contributed by atoms with Crippen LogP contribution in [0, 0.1) is 11.3 Å². The molecule has 0 aromatic heterocycles. The molecule has 0 aliphatic rings. The lowest BCUT2D eigenvalue weighted by atomic mass is 9.99. The van der Waals surface area contributed by atoms with Crippen LogP contribution in [0.5, 0.6) is 0 Å². The lowest BCUT2D eigenvalue weighted by Gasteiger charge is -2.24. The van der Waals surface area contributed by atoms with Gasteiger partial charge < -0.3 is 5.32 Å². The van der Waals surface area contributed by atoms with E-state index in [1.165, 1.54) is 0 Å². The molecular formula is C8H16N2. The molecule has 0 fully saturated rings. The average molecular weight is 140 g/mol. The van der Waals surface area contributed by atoms with E-state index in [9.17, 15) is 0 Å². The highest BCUT2D eigenvalue weighted by atomic mass is 14.9. The van der Waals surface area contributed by atoms with E-state index in [0.717, 1.165) is 13.0 Å². The van der Waals surface area contributed by atoms with E-state index >= 15 is 0 Å². The van der Waals surface area contributed by atoms with Crippen LogP contribution < -0.4 is 5.32 Å². The Morgan fingerprint density at radius 1 is 1.50 bits per heavy atom. The van der Waals surface area contributed by atoms with Crippen LogP contribution in [0.2, 0.25) is 0 Å². The Hall–Kier alpha value is -0.550. The molecule has 0 radical (unpaired) electrons. The number of hydrogen-bond donors (Lipinski definition) is 1. The second kappa shape index (κ2) is 4.29. The minimum Gasteiger partial charge on any atom is -0.312 e. The molecular weight excluding hydrogens is 124 g/mol. The fourth-order valence-corrected chi connectivity index (χ4v) is 0.935. The van der Waals surface area contributed by atoms with Crippen molar-refractivity contribution in [2.45, 2.75) is 39.2 Å². The molecule has 0 bridgehead atoms. The maximum Gasteiger partial charge on any atom is 0.0622 e. The summed E-state index contributed by atoms with van der Waals surface area (Å²) in [7, 11) is 0. The maximum atomic E-state index is 8.32. The van der Waals surface area contributed by atoms with Crippen molar-refractivity contribution in [2.24, 2.45) is 0 Å². The molecule has 0 atom stereocenters. The summed E-state index contributed by atoms with van der Waals surface area (Å²) >= 11 is 0. The zero-order valence-corrected chi connectivity index (χ0v) is 7.07. The summed E-state index contributed by atoms with van der Waals surface area (Å²) in [6.07, 6.45) is 1.57. The Morgan fingerprint density at radius 2 is 2.10 bits per heavy atom. The van der Waals surface area contributed by atoms with Gasteiger partial charge in [0.15, 0.2) is 0 Å². The highest BCUT2D eigenvalue weighted by Gasteiger charge is 2.14. The number of nitrogens with zero attached hydrogens (tertiary/aromatic N) is 1. The topological polar surface area (TPSA) is 35.8 Å². The lowest BCUT2D eigenvalue weighted by molar-refractivity contribution is 0.376. The zero-order chi connectivity index (χ0) is 8.04. The molecule has 0 unspecified atom stereocenters. The number of nitriles is 1. The molecule has 10 heavy (non-hydrogen) atoms. The fraction of sp³-hybridized carbons (Fsp3) is 0.875. The summed E-state index contributed by atoms with van der Waals surface area (Å²) in [5, 5.41) is 11.6. The molecule has 0 spiro atoms. The average Bonchev–Trinajstić information content (AvgIpc) is 1.84. The number of rotatable bonds is 4. The third-order valence-corrected chi connectivity index (χ3v) is 1.52. The molecule has 2 heteroatoms. The van der Waals surface area contributed by atoms with Gasteiger partial charge in [0.25, 0.3) is 0 Å². The van der Waals surface area contributed by atoms with Gasteiger partial charge in [0.05, 0.1) is 6.07 Å². The van der Waals surface area contributed by atoms with E-state index in [2.05, 4.69) is 32.2 Å². The molecule has 0 aliphatic carbocycles. The minimum atomic E-state index is 0.129. The van der Waals surface area contributed by atoms with Crippen LogP contribution in [0.25, 0.3) is 0 Å². The Morgan fingerprint density at radius 3 is 2.50 bits per heavy atom. The predicted molar refractivity (Wildman–Crippen MR) is 42.6 cm³/mol. The van der Waals surface area contributed by atoms with Crippen molar-refractivity contribution < 1.29 is 0 Å². The van der Waals surface area contributed by atoms with Gasteiger partial charge in [-0.15, -0.1) is 0 Å². The Labute approximate surface area is 63.2 Å². The summed E-state index contributed by atoms with van der Waals surface area (Å²) in [4.78, 5) is 0. The van der Waals surface area contributed by atoms with Crippen LogP contribution in [0.1, 0.15) is 33.6 Å². The van der Waals surface area contributed by atoms with Gasteiger partial charge in [0.1, 0.15) is 0 Å². The Bertz CT molecular complexity index is 122. The third-order valence-electron chi connectivity index (χ3n) is 1.52. The Balaban J connectivity index is 3.54. The molecule has 0 saturated heterocycles. The van der Waals surface area contributed by atoms with Crippen LogP contribution in [0.4, 0.5) is 0 Å².